The number of benzene rings is 1. The van der Waals surface area contributed by atoms with Crippen LogP contribution in [0.1, 0.15) is 24.8 Å². The van der Waals surface area contributed by atoms with Gasteiger partial charge < -0.3 is 10.0 Å². The number of non-ortho nitro benzene ring substituents is 1. The van der Waals surface area contributed by atoms with Gasteiger partial charge in [0.2, 0.25) is 0 Å². The molecule has 1 saturated carbocycles. The first-order valence-corrected chi connectivity index (χ1v) is 8.49. The van der Waals surface area contributed by atoms with Crippen LogP contribution in [-0.2, 0) is 0 Å². The summed E-state index contributed by atoms with van der Waals surface area (Å²) < 4.78 is 0. The third-order valence-corrected chi connectivity index (χ3v) is 5.46. The number of anilines is 1. The zero-order valence-electron chi connectivity index (χ0n) is 13.6. The number of hydrogen-bond acceptors (Lipinski definition) is 6. The van der Waals surface area contributed by atoms with Crippen molar-refractivity contribution < 1.29 is 10.0 Å². The number of hydrogen-bond donors (Lipinski definition) is 1. The molecule has 1 aromatic carbocycles. The number of aromatic nitrogens is 1. The fourth-order valence-electron chi connectivity index (χ4n) is 4.16. The van der Waals surface area contributed by atoms with Gasteiger partial charge in [-0.05, 0) is 25.0 Å². The zero-order valence-corrected chi connectivity index (χ0v) is 13.6. The molecule has 4 rings (SSSR count). The summed E-state index contributed by atoms with van der Waals surface area (Å²) in [6.45, 7) is 1.46. The molecule has 1 aliphatic heterocycles. The Morgan fingerprint density at radius 2 is 2.00 bits per heavy atom. The van der Waals surface area contributed by atoms with Gasteiger partial charge in [-0.3, -0.25) is 10.1 Å². The van der Waals surface area contributed by atoms with E-state index in [0.29, 0.717) is 22.3 Å². The second kappa shape index (κ2) is 5.97. The van der Waals surface area contributed by atoms with Crippen LogP contribution in [0.2, 0.25) is 0 Å². The summed E-state index contributed by atoms with van der Waals surface area (Å²) in [7, 11) is 0. The van der Waals surface area contributed by atoms with E-state index in [9.17, 15) is 20.5 Å². The molecule has 2 aliphatic rings. The van der Waals surface area contributed by atoms with E-state index in [4.69, 9.17) is 0 Å². The van der Waals surface area contributed by atoms with Crippen molar-refractivity contribution in [2.75, 3.05) is 18.0 Å². The number of nitro groups is 1. The molecule has 1 N–H and O–H groups in total. The molecule has 2 fully saturated rings. The summed E-state index contributed by atoms with van der Waals surface area (Å²) in [6.07, 6.45) is 2.93. The highest BCUT2D eigenvalue weighted by molar-refractivity contribution is 5.88. The average molecular weight is 338 g/mol. The molecule has 0 spiro atoms. The smallest absolute Gasteiger partial charge is 0.270 e. The Kier molecular flexibility index (Phi) is 3.77. The number of rotatable bonds is 2. The van der Waals surface area contributed by atoms with Crippen molar-refractivity contribution in [3.63, 3.8) is 0 Å². The molecule has 2 unspecified atom stereocenters. The lowest BCUT2D eigenvalue weighted by molar-refractivity contribution is -0.384. The number of aliphatic hydroxyl groups is 1. The first kappa shape index (κ1) is 15.8. The molecular formula is C18H18N4O3. The molecule has 2 atom stereocenters. The Balaban J connectivity index is 1.75. The summed E-state index contributed by atoms with van der Waals surface area (Å²) >= 11 is 0. The quantitative estimate of drug-likeness (QED) is 0.667. The SMILES string of the molecule is N#Cc1cc(N2CC3CCCC(C2)C3O)nc2ccc([N+](=O)[O-])cc12. The molecule has 25 heavy (non-hydrogen) atoms. The van der Waals surface area contributed by atoms with Crippen LogP contribution in [-0.4, -0.2) is 34.2 Å². The first-order valence-electron chi connectivity index (χ1n) is 8.49. The zero-order chi connectivity index (χ0) is 17.6. The van der Waals surface area contributed by atoms with Crippen molar-refractivity contribution in [3.8, 4) is 6.07 Å². The lowest BCUT2D eigenvalue weighted by Gasteiger charge is -2.45. The number of nitrogens with zero attached hydrogens (tertiary/aromatic N) is 4. The molecule has 2 bridgehead atoms. The van der Waals surface area contributed by atoms with E-state index in [0.717, 1.165) is 32.4 Å². The monoisotopic (exact) mass is 338 g/mol. The van der Waals surface area contributed by atoms with Crippen molar-refractivity contribution >= 4 is 22.4 Å². The number of nitro benzene ring substituents is 1. The normalized spacial score (nSPS) is 25.6. The molecule has 7 heteroatoms. The third-order valence-electron chi connectivity index (χ3n) is 5.46. The number of nitriles is 1. The van der Waals surface area contributed by atoms with Gasteiger partial charge in [-0.25, -0.2) is 4.98 Å². The van der Waals surface area contributed by atoms with Gasteiger partial charge in [0.25, 0.3) is 5.69 Å². The molecule has 1 saturated heterocycles. The van der Waals surface area contributed by atoms with E-state index in [1.54, 1.807) is 12.1 Å². The van der Waals surface area contributed by atoms with E-state index in [-0.39, 0.29) is 23.6 Å². The molecule has 2 aromatic rings. The van der Waals surface area contributed by atoms with Crippen LogP contribution in [0.25, 0.3) is 10.9 Å². The molecule has 1 aliphatic carbocycles. The summed E-state index contributed by atoms with van der Waals surface area (Å²) in [4.78, 5) is 17.3. The number of piperidine rings is 1. The number of fused-ring (bicyclic) bond motifs is 3. The van der Waals surface area contributed by atoms with Crippen LogP contribution in [0.3, 0.4) is 0 Å². The number of aliphatic hydroxyl groups excluding tert-OH is 1. The molecule has 1 aromatic heterocycles. The lowest BCUT2D eigenvalue weighted by atomic mass is 9.75. The van der Waals surface area contributed by atoms with Crippen LogP contribution in [0.4, 0.5) is 11.5 Å². The molecule has 7 nitrogen and oxygen atoms in total. The van der Waals surface area contributed by atoms with E-state index >= 15 is 0 Å². The molecule has 0 amide bonds. The lowest BCUT2D eigenvalue weighted by Crippen LogP contribution is -2.51. The Morgan fingerprint density at radius 1 is 1.28 bits per heavy atom. The largest absolute Gasteiger partial charge is 0.392 e. The Labute approximate surface area is 144 Å². The fourth-order valence-corrected chi connectivity index (χ4v) is 4.16. The van der Waals surface area contributed by atoms with Crippen LogP contribution in [0, 0.1) is 33.3 Å². The van der Waals surface area contributed by atoms with E-state index in [1.165, 1.54) is 12.1 Å². The van der Waals surface area contributed by atoms with Crippen LogP contribution in [0.5, 0.6) is 0 Å². The molecule has 2 heterocycles. The second-order valence-electron chi connectivity index (χ2n) is 6.95. The molecule has 0 radical (unpaired) electrons. The molecular weight excluding hydrogens is 320 g/mol. The maximum atomic E-state index is 11.0. The van der Waals surface area contributed by atoms with Gasteiger partial charge >= 0.3 is 0 Å². The van der Waals surface area contributed by atoms with Gasteiger partial charge in [-0.2, -0.15) is 5.26 Å². The predicted molar refractivity (Wildman–Crippen MR) is 92.2 cm³/mol. The Bertz CT molecular complexity index is 878. The van der Waals surface area contributed by atoms with Crippen LogP contribution >= 0.6 is 0 Å². The van der Waals surface area contributed by atoms with Gasteiger partial charge in [0.05, 0.1) is 28.2 Å². The topological polar surface area (TPSA) is 103 Å². The first-order chi connectivity index (χ1) is 12.1. The van der Waals surface area contributed by atoms with Gasteiger partial charge in [0, 0.05) is 42.4 Å². The van der Waals surface area contributed by atoms with Gasteiger partial charge in [-0.1, -0.05) is 6.42 Å². The van der Waals surface area contributed by atoms with Crippen molar-refractivity contribution in [3.05, 3.63) is 39.9 Å². The summed E-state index contributed by atoms with van der Waals surface area (Å²) in [5.74, 6) is 1.20. The number of pyridine rings is 1. The highest BCUT2D eigenvalue weighted by Gasteiger charge is 2.38. The maximum Gasteiger partial charge on any atom is 0.270 e. The van der Waals surface area contributed by atoms with E-state index < -0.39 is 4.92 Å². The minimum Gasteiger partial charge on any atom is -0.392 e. The van der Waals surface area contributed by atoms with Crippen LogP contribution in [0.15, 0.2) is 24.3 Å². The van der Waals surface area contributed by atoms with E-state index in [2.05, 4.69) is 16.0 Å². The highest BCUT2D eigenvalue weighted by Crippen LogP contribution is 2.37. The van der Waals surface area contributed by atoms with Crippen molar-refractivity contribution in [1.82, 2.24) is 4.98 Å². The summed E-state index contributed by atoms with van der Waals surface area (Å²) in [5.41, 5.74) is 0.921. The van der Waals surface area contributed by atoms with Crippen LogP contribution < -0.4 is 4.90 Å². The molecule has 128 valence electrons. The average Bonchev–Trinajstić information content (AvgIpc) is 2.60. The van der Waals surface area contributed by atoms with Crippen molar-refractivity contribution in [2.45, 2.75) is 25.4 Å². The highest BCUT2D eigenvalue weighted by atomic mass is 16.6. The van der Waals surface area contributed by atoms with Gasteiger partial charge in [-0.15, -0.1) is 0 Å². The predicted octanol–water partition coefficient (Wildman–Crippen LogP) is 2.61. The van der Waals surface area contributed by atoms with E-state index in [1.807, 2.05) is 0 Å². The van der Waals surface area contributed by atoms with Crippen molar-refractivity contribution in [1.29, 1.82) is 5.26 Å². The fraction of sp³-hybridized carbons (Fsp3) is 0.444. The Morgan fingerprint density at radius 3 is 2.64 bits per heavy atom. The standard InChI is InChI=1S/C18H18N4O3/c19-8-13-6-17(20-16-5-4-14(22(24)25)7-15(13)16)21-9-11-2-1-3-12(10-21)18(11)23/h4-7,11-12,18,23H,1-3,9-10H2. The van der Waals surface area contributed by atoms with Gasteiger partial charge in [0.15, 0.2) is 0 Å². The minimum absolute atomic E-state index is 0.0471. The maximum absolute atomic E-state index is 11.0. The van der Waals surface area contributed by atoms with Gasteiger partial charge in [0.1, 0.15) is 5.82 Å². The minimum atomic E-state index is -0.471. The summed E-state index contributed by atoms with van der Waals surface area (Å²) in [6, 6.07) is 8.25. The Hall–Kier alpha value is -2.72. The third kappa shape index (κ3) is 2.68. The second-order valence-corrected chi connectivity index (χ2v) is 6.95. The van der Waals surface area contributed by atoms with Crippen molar-refractivity contribution in [2.24, 2.45) is 11.8 Å². The summed E-state index contributed by atoms with van der Waals surface area (Å²) in [5, 5.41) is 31.3.